The largest absolute Gasteiger partial charge is 0.361 e. The lowest BCUT2D eigenvalue weighted by Crippen LogP contribution is -2.25. The number of carbonyl (C=O) groups is 2. The Morgan fingerprint density at radius 1 is 1.26 bits per heavy atom. The number of amides is 2. The number of carbonyl (C=O) groups excluding carboxylic acids is 2. The van der Waals surface area contributed by atoms with Crippen molar-refractivity contribution in [2.24, 2.45) is 9.98 Å². The van der Waals surface area contributed by atoms with Gasteiger partial charge in [0, 0.05) is 18.1 Å². The van der Waals surface area contributed by atoms with Gasteiger partial charge >= 0.3 is 0 Å². The van der Waals surface area contributed by atoms with E-state index in [1.807, 2.05) is 13.8 Å². The van der Waals surface area contributed by atoms with Gasteiger partial charge in [-0.2, -0.15) is 14.8 Å². The molecular formula is C18H20N6O3. The van der Waals surface area contributed by atoms with E-state index in [-0.39, 0.29) is 23.9 Å². The molecule has 0 unspecified atom stereocenters. The molecule has 140 valence electrons. The Morgan fingerprint density at radius 3 is 2.63 bits per heavy atom. The third-order valence-electron chi connectivity index (χ3n) is 4.24. The molecule has 0 spiro atoms. The Labute approximate surface area is 155 Å². The summed E-state index contributed by atoms with van der Waals surface area (Å²) in [4.78, 5) is 32.5. The van der Waals surface area contributed by atoms with Gasteiger partial charge < -0.3 is 9.84 Å². The summed E-state index contributed by atoms with van der Waals surface area (Å²) < 4.78 is 6.46. The fraction of sp³-hybridized carbons (Fsp3) is 0.333. The summed E-state index contributed by atoms with van der Waals surface area (Å²) in [7, 11) is 0. The second kappa shape index (κ2) is 7.10. The van der Waals surface area contributed by atoms with Gasteiger partial charge in [-0.15, -0.1) is 0 Å². The Kier molecular flexibility index (Phi) is 4.85. The van der Waals surface area contributed by atoms with E-state index in [9.17, 15) is 9.59 Å². The molecule has 1 aliphatic heterocycles. The molecule has 9 heteroatoms. The van der Waals surface area contributed by atoms with Crippen LogP contribution in [0.5, 0.6) is 0 Å². The second-order valence-corrected chi connectivity index (χ2v) is 6.33. The molecule has 3 rings (SSSR count). The van der Waals surface area contributed by atoms with Crippen molar-refractivity contribution in [1.82, 2.24) is 14.9 Å². The average molecular weight is 368 g/mol. The maximum absolute atomic E-state index is 12.4. The Balaban J connectivity index is 1.77. The number of anilines is 1. The van der Waals surface area contributed by atoms with Crippen molar-refractivity contribution >= 4 is 29.3 Å². The molecule has 2 aromatic heterocycles. The predicted octanol–water partition coefficient (Wildman–Crippen LogP) is 2.13. The van der Waals surface area contributed by atoms with E-state index in [0.29, 0.717) is 29.4 Å². The molecule has 0 aromatic carbocycles. The molecule has 1 N–H and O–H groups in total. The molecule has 0 aliphatic carbocycles. The first-order valence-corrected chi connectivity index (χ1v) is 8.42. The van der Waals surface area contributed by atoms with Crippen molar-refractivity contribution in [3.05, 3.63) is 40.9 Å². The van der Waals surface area contributed by atoms with Crippen LogP contribution in [0.25, 0.3) is 0 Å². The maximum atomic E-state index is 12.4. The summed E-state index contributed by atoms with van der Waals surface area (Å²) >= 11 is 0. The van der Waals surface area contributed by atoms with Crippen LogP contribution in [0, 0.1) is 20.8 Å². The summed E-state index contributed by atoms with van der Waals surface area (Å²) in [5, 5.41) is 11.0. The molecule has 3 heterocycles. The van der Waals surface area contributed by atoms with Crippen LogP contribution in [0.1, 0.15) is 36.1 Å². The van der Waals surface area contributed by atoms with Crippen molar-refractivity contribution in [3.8, 4) is 0 Å². The third kappa shape index (κ3) is 3.76. The zero-order valence-electron chi connectivity index (χ0n) is 15.7. The van der Waals surface area contributed by atoms with Crippen LogP contribution in [-0.2, 0) is 16.0 Å². The van der Waals surface area contributed by atoms with E-state index in [1.54, 1.807) is 19.9 Å². The lowest BCUT2D eigenvalue weighted by atomic mass is 10.1. The number of aromatic nitrogens is 3. The third-order valence-corrected chi connectivity index (χ3v) is 4.24. The summed E-state index contributed by atoms with van der Waals surface area (Å²) in [6, 6.07) is 1.69. The van der Waals surface area contributed by atoms with Crippen molar-refractivity contribution in [2.75, 3.05) is 5.32 Å². The van der Waals surface area contributed by atoms with Crippen molar-refractivity contribution in [1.29, 1.82) is 0 Å². The van der Waals surface area contributed by atoms with E-state index in [1.165, 1.54) is 4.68 Å². The van der Waals surface area contributed by atoms with Gasteiger partial charge in [0.1, 0.15) is 11.6 Å². The summed E-state index contributed by atoms with van der Waals surface area (Å²) in [5.41, 5.74) is 3.07. The number of aliphatic imine (C=N–C) groups is 2. The topological polar surface area (TPSA) is 115 Å². The molecule has 0 radical (unpaired) electrons. The summed E-state index contributed by atoms with van der Waals surface area (Å²) in [6.45, 7) is 10.8. The van der Waals surface area contributed by atoms with Crippen LogP contribution in [0.15, 0.2) is 32.7 Å². The van der Waals surface area contributed by atoms with E-state index >= 15 is 0 Å². The highest BCUT2D eigenvalue weighted by molar-refractivity contribution is 6.27. The van der Waals surface area contributed by atoms with Crippen LogP contribution in [0.3, 0.4) is 0 Å². The van der Waals surface area contributed by atoms with Gasteiger partial charge in [-0.05, 0) is 34.1 Å². The summed E-state index contributed by atoms with van der Waals surface area (Å²) in [6.07, 6.45) is 0.758. The average Bonchev–Trinajstić information content (AvgIpc) is 3.12. The molecule has 0 atom stereocenters. The van der Waals surface area contributed by atoms with Crippen molar-refractivity contribution < 1.29 is 14.1 Å². The minimum atomic E-state index is -0.471. The first kappa shape index (κ1) is 18.4. The van der Waals surface area contributed by atoms with Gasteiger partial charge in [0.2, 0.25) is 5.91 Å². The molecular weight excluding hydrogens is 348 g/mol. The van der Waals surface area contributed by atoms with Gasteiger partial charge in [-0.1, -0.05) is 11.7 Å². The number of hydrogen-bond donors (Lipinski definition) is 1. The fourth-order valence-corrected chi connectivity index (χ4v) is 2.69. The Bertz CT molecular complexity index is 989. The van der Waals surface area contributed by atoms with Gasteiger partial charge in [-0.3, -0.25) is 9.59 Å². The molecule has 0 bridgehead atoms. The van der Waals surface area contributed by atoms with Crippen LogP contribution in [0.4, 0.5) is 5.82 Å². The SMILES string of the molecule is C=C1C(=O)N=C(n2nc(C)cc2NC(=O)CCc2c(C)noc2C)N=C1C. The fourth-order valence-electron chi connectivity index (χ4n) is 2.69. The van der Waals surface area contributed by atoms with E-state index < -0.39 is 5.91 Å². The van der Waals surface area contributed by atoms with Crippen molar-refractivity contribution in [2.45, 2.75) is 40.5 Å². The number of nitrogens with zero attached hydrogens (tertiary/aromatic N) is 5. The molecule has 1 aliphatic rings. The maximum Gasteiger partial charge on any atom is 0.281 e. The predicted molar refractivity (Wildman–Crippen MR) is 100.0 cm³/mol. The van der Waals surface area contributed by atoms with Crippen LogP contribution < -0.4 is 5.32 Å². The Morgan fingerprint density at radius 2 is 2.00 bits per heavy atom. The van der Waals surface area contributed by atoms with Gasteiger partial charge in [0.25, 0.3) is 11.9 Å². The zero-order valence-corrected chi connectivity index (χ0v) is 15.7. The molecule has 2 amide bonds. The van der Waals surface area contributed by atoms with E-state index in [0.717, 1.165) is 11.3 Å². The van der Waals surface area contributed by atoms with Crippen LogP contribution >= 0.6 is 0 Å². The standard InChI is InChI=1S/C18H20N6O3/c1-9-8-15(20-16(25)7-6-14-12(4)23-27-13(14)5)24(22-9)18-19-11(3)10(2)17(26)21-18/h8H,2,6-7H2,1,3-5H3,(H,20,25). The monoisotopic (exact) mass is 368 g/mol. The molecule has 0 saturated heterocycles. The lowest BCUT2D eigenvalue weighted by molar-refractivity contribution is -0.116. The molecule has 27 heavy (non-hydrogen) atoms. The number of hydrogen-bond acceptors (Lipinski definition) is 6. The first-order valence-electron chi connectivity index (χ1n) is 8.42. The van der Waals surface area contributed by atoms with E-state index in [4.69, 9.17) is 4.52 Å². The molecule has 0 fully saturated rings. The van der Waals surface area contributed by atoms with Gasteiger partial charge in [0.15, 0.2) is 0 Å². The number of rotatable bonds is 4. The molecule has 2 aromatic rings. The first-order chi connectivity index (χ1) is 12.8. The highest BCUT2D eigenvalue weighted by Crippen LogP contribution is 2.17. The number of nitrogens with one attached hydrogen (secondary N) is 1. The van der Waals surface area contributed by atoms with E-state index in [2.05, 4.69) is 32.1 Å². The normalized spacial score (nSPS) is 14.2. The van der Waals surface area contributed by atoms with Gasteiger partial charge in [-0.25, -0.2) is 4.99 Å². The smallest absolute Gasteiger partial charge is 0.281 e. The number of aryl methyl sites for hydroxylation is 3. The molecule has 9 nitrogen and oxygen atoms in total. The summed E-state index contributed by atoms with van der Waals surface area (Å²) in [5.74, 6) is 0.525. The quantitative estimate of drug-likeness (QED) is 0.830. The Hall–Kier alpha value is -3.36. The minimum absolute atomic E-state index is 0.0963. The second-order valence-electron chi connectivity index (χ2n) is 6.33. The lowest BCUT2D eigenvalue weighted by Gasteiger charge is -2.12. The van der Waals surface area contributed by atoms with Crippen LogP contribution in [-0.4, -0.2) is 38.4 Å². The van der Waals surface area contributed by atoms with Gasteiger partial charge in [0.05, 0.1) is 22.7 Å². The highest BCUT2D eigenvalue weighted by atomic mass is 16.5. The van der Waals surface area contributed by atoms with Crippen molar-refractivity contribution in [3.63, 3.8) is 0 Å². The van der Waals surface area contributed by atoms with Crippen LogP contribution in [0.2, 0.25) is 0 Å². The highest BCUT2D eigenvalue weighted by Gasteiger charge is 2.21. The zero-order chi connectivity index (χ0) is 19.7. The molecule has 0 saturated carbocycles. The minimum Gasteiger partial charge on any atom is -0.361 e.